The summed E-state index contributed by atoms with van der Waals surface area (Å²) in [4.78, 5) is 14.5. The first-order valence-corrected chi connectivity index (χ1v) is 8.57. The molecular weight excluding hydrogens is 300 g/mol. The van der Waals surface area contributed by atoms with Gasteiger partial charge in [0.15, 0.2) is 0 Å². The van der Waals surface area contributed by atoms with Crippen molar-refractivity contribution in [2.75, 3.05) is 26.2 Å². The Hall–Kier alpha value is -1.07. The number of hydrogen-bond donors (Lipinski definition) is 1. The first-order valence-electron chi connectivity index (χ1n) is 8.19. The number of rotatable bonds is 6. The lowest BCUT2D eigenvalue weighted by atomic mass is 9.93. The van der Waals surface area contributed by atoms with Gasteiger partial charge in [0.05, 0.1) is 23.0 Å². The molecule has 1 amide bonds. The topological polar surface area (TPSA) is 50.2 Å². The highest BCUT2D eigenvalue weighted by atomic mass is 35.5. The Labute approximate surface area is 138 Å². The molecule has 0 atom stereocenters. The zero-order valence-corrected chi connectivity index (χ0v) is 14.6. The molecule has 6 heteroatoms. The molecule has 0 bridgehead atoms. The molecule has 0 radical (unpaired) electrons. The van der Waals surface area contributed by atoms with Gasteiger partial charge in [0.25, 0.3) is 0 Å². The number of hydrogen-bond acceptors (Lipinski definition) is 3. The molecule has 1 aliphatic heterocycles. The van der Waals surface area contributed by atoms with Crippen LogP contribution in [0.1, 0.15) is 37.6 Å². The van der Waals surface area contributed by atoms with Crippen molar-refractivity contribution >= 4 is 17.5 Å². The van der Waals surface area contributed by atoms with Crippen molar-refractivity contribution in [1.82, 2.24) is 20.0 Å². The van der Waals surface area contributed by atoms with Gasteiger partial charge in [-0.25, -0.2) is 0 Å². The molecule has 2 heterocycles. The van der Waals surface area contributed by atoms with Crippen molar-refractivity contribution in [3.63, 3.8) is 0 Å². The maximum Gasteiger partial charge on any atom is 0.220 e. The summed E-state index contributed by atoms with van der Waals surface area (Å²) in [6.07, 6.45) is 2.91. The van der Waals surface area contributed by atoms with Crippen LogP contribution < -0.4 is 5.32 Å². The van der Waals surface area contributed by atoms with E-state index < -0.39 is 0 Å². The third-order valence-corrected chi connectivity index (χ3v) is 5.11. The van der Waals surface area contributed by atoms with Crippen molar-refractivity contribution < 1.29 is 4.79 Å². The number of aryl methyl sites for hydroxylation is 1. The van der Waals surface area contributed by atoms with Crippen LogP contribution in [-0.2, 0) is 11.3 Å². The predicted octanol–water partition coefficient (Wildman–Crippen LogP) is 2.39. The first-order chi connectivity index (χ1) is 10.5. The van der Waals surface area contributed by atoms with Crippen LogP contribution in [0.5, 0.6) is 0 Å². The predicted molar refractivity (Wildman–Crippen MR) is 89.2 cm³/mol. The molecule has 2 rings (SSSR count). The monoisotopic (exact) mass is 326 g/mol. The van der Waals surface area contributed by atoms with Gasteiger partial charge in [-0.2, -0.15) is 5.10 Å². The standard InChI is InChI=1S/C16H27ClN4O/c1-4-20-8-5-14(6-9-20)11-15(22)18-7-10-21-13(3)16(17)12(2)19-21/h14H,4-11H2,1-3H3,(H,18,22). The number of nitrogens with zero attached hydrogens (tertiary/aromatic N) is 3. The average molecular weight is 327 g/mol. The smallest absolute Gasteiger partial charge is 0.220 e. The molecule has 1 aromatic heterocycles. The number of carbonyl (C=O) groups is 1. The van der Waals surface area contributed by atoms with Crippen LogP contribution in [0.15, 0.2) is 0 Å². The van der Waals surface area contributed by atoms with Crippen LogP contribution in [0.2, 0.25) is 5.02 Å². The SMILES string of the molecule is CCN1CCC(CC(=O)NCCn2nc(C)c(Cl)c2C)CC1. The molecule has 0 unspecified atom stereocenters. The number of amides is 1. The summed E-state index contributed by atoms with van der Waals surface area (Å²) in [5.41, 5.74) is 1.80. The summed E-state index contributed by atoms with van der Waals surface area (Å²) >= 11 is 6.12. The Bertz CT molecular complexity index is 506. The number of piperidine rings is 1. The highest BCUT2D eigenvalue weighted by Crippen LogP contribution is 2.20. The highest BCUT2D eigenvalue weighted by Gasteiger charge is 2.20. The van der Waals surface area contributed by atoms with Crippen LogP contribution in [0.25, 0.3) is 0 Å². The molecular formula is C16H27ClN4O. The van der Waals surface area contributed by atoms with Crippen molar-refractivity contribution in [3.05, 3.63) is 16.4 Å². The normalized spacial score (nSPS) is 16.9. The number of carbonyl (C=O) groups excluding carboxylic acids is 1. The fourth-order valence-electron chi connectivity index (χ4n) is 3.04. The second-order valence-electron chi connectivity index (χ2n) is 6.14. The molecule has 0 spiro atoms. The molecule has 1 fully saturated rings. The quantitative estimate of drug-likeness (QED) is 0.873. The van der Waals surface area contributed by atoms with Gasteiger partial charge in [-0.1, -0.05) is 18.5 Å². The van der Waals surface area contributed by atoms with Gasteiger partial charge in [0.1, 0.15) is 0 Å². The molecule has 1 aliphatic rings. The third kappa shape index (κ3) is 4.46. The molecule has 124 valence electrons. The van der Waals surface area contributed by atoms with Crippen LogP contribution in [0.3, 0.4) is 0 Å². The molecule has 0 aliphatic carbocycles. The van der Waals surface area contributed by atoms with E-state index in [1.54, 1.807) is 0 Å². The van der Waals surface area contributed by atoms with E-state index in [1.807, 2.05) is 18.5 Å². The number of halogens is 1. The van der Waals surface area contributed by atoms with Crippen molar-refractivity contribution in [1.29, 1.82) is 0 Å². The van der Waals surface area contributed by atoms with Gasteiger partial charge in [0, 0.05) is 13.0 Å². The summed E-state index contributed by atoms with van der Waals surface area (Å²) in [5.74, 6) is 0.688. The fourth-order valence-corrected chi connectivity index (χ4v) is 3.17. The summed E-state index contributed by atoms with van der Waals surface area (Å²) in [7, 11) is 0. The van der Waals surface area contributed by atoms with E-state index in [0.29, 0.717) is 30.5 Å². The maximum absolute atomic E-state index is 12.0. The van der Waals surface area contributed by atoms with Gasteiger partial charge >= 0.3 is 0 Å². The van der Waals surface area contributed by atoms with E-state index in [9.17, 15) is 4.79 Å². The minimum absolute atomic E-state index is 0.155. The summed E-state index contributed by atoms with van der Waals surface area (Å²) in [5, 5.41) is 8.09. The summed E-state index contributed by atoms with van der Waals surface area (Å²) < 4.78 is 1.86. The van der Waals surface area contributed by atoms with Gasteiger partial charge in [0.2, 0.25) is 5.91 Å². The third-order valence-electron chi connectivity index (χ3n) is 4.57. The van der Waals surface area contributed by atoms with Crippen LogP contribution in [0, 0.1) is 19.8 Å². The van der Waals surface area contributed by atoms with Crippen LogP contribution in [0.4, 0.5) is 0 Å². The van der Waals surface area contributed by atoms with Crippen LogP contribution >= 0.6 is 11.6 Å². The van der Waals surface area contributed by atoms with Crippen LogP contribution in [-0.4, -0.2) is 46.8 Å². The minimum atomic E-state index is 0.155. The van der Waals surface area contributed by atoms with Crippen molar-refractivity contribution in [3.8, 4) is 0 Å². The van der Waals surface area contributed by atoms with E-state index in [0.717, 1.165) is 43.9 Å². The van der Waals surface area contributed by atoms with Gasteiger partial charge in [-0.15, -0.1) is 0 Å². The molecule has 1 saturated heterocycles. The number of nitrogens with one attached hydrogen (secondary N) is 1. The van der Waals surface area contributed by atoms with Gasteiger partial charge in [-0.3, -0.25) is 9.48 Å². The molecule has 1 aromatic rings. The highest BCUT2D eigenvalue weighted by molar-refractivity contribution is 6.31. The summed E-state index contributed by atoms with van der Waals surface area (Å²) in [6, 6.07) is 0. The average Bonchev–Trinajstić information content (AvgIpc) is 2.75. The first kappa shape index (κ1) is 17.3. The summed E-state index contributed by atoms with van der Waals surface area (Å²) in [6.45, 7) is 10.7. The Morgan fingerprint density at radius 2 is 2.05 bits per heavy atom. The van der Waals surface area contributed by atoms with Gasteiger partial charge in [-0.05, 0) is 52.2 Å². The minimum Gasteiger partial charge on any atom is -0.354 e. The Morgan fingerprint density at radius 3 is 2.59 bits per heavy atom. The van der Waals surface area contributed by atoms with Crippen molar-refractivity contribution in [2.24, 2.45) is 5.92 Å². The lowest BCUT2D eigenvalue weighted by Gasteiger charge is -2.30. The van der Waals surface area contributed by atoms with E-state index >= 15 is 0 Å². The maximum atomic E-state index is 12.0. The Balaban J connectivity index is 1.69. The molecule has 1 N–H and O–H groups in total. The largest absolute Gasteiger partial charge is 0.354 e. The Kier molecular flexibility index (Phi) is 6.26. The zero-order valence-electron chi connectivity index (χ0n) is 13.9. The fraction of sp³-hybridized carbons (Fsp3) is 0.750. The van der Waals surface area contributed by atoms with Crippen molar-refractivity contribution in [2.45, 2.75) is 46.6 Å². The van der Waals surface area contributed by atoms with E-state index in [-0.39, 0.29) is 5.91 Å². The number of likely N-dealkylation sites (tertiary alicyclic amines) is 1. The second kappa shape index (κ2) is 7.97. The molecule has 0 aromatic carbocycles. The second-order valence-corrected chi connectivity index (χ2v) is 6.52. The molecule has 5 nitrogen and oxygen atoms in total. The van der Waals surface area contributed by atoms with E-state index in [2.05, 4.69) is 22.2 Å². The van der Waals surface area contributed by atoms with Gasteiger partial charge < -0.3 is 10.2 Å². The lowest BCUT2D eigenvalue weighted by Crippen LogP contribution is -2.36. The van der Waals surface area contributed by atoms with E-state index in [1.165, 1.54) is 0 Å². The molecule has 22 heavy (non-hydrogen) atoms. The van der Waals surface area contributed by atoms with E-state index in [4.69, 9.17) is 11.6 Å². The number of aromatic nitrogens is 2. The zero-order chi connectivity index (χ0) is 16.1. The Morgan fingerprint density at radius 1 is 1.36 bits per heavy atom. The molecule has 0 saturated carbocycles. The lowest BCUT2D eigenvalue weighted by molar-refractivity contribution is -0.122.